The van der Waals surface area contributed by atoms with Crippen LogP contribution in [0.5, 0.6) is 0 Å². The summed E-state index contributed by atoms with van der Waals surface area (Å²) in [4.78, 5) is 5.66. The molecule has 0 saturated heterocycles. The number of aromatic nitrogens is 1. The fourth-order valence-electron chi connectivity index (χ4n) is 2.34. The van der Waals surface area contributed by atoms with Gasteiger partial charge in [-0.3, -0.25) is 0 Å². The second kappa shape index (κ2) is 4.10. The number of rotatable bonds is 1. The van der Waals surface area contributed by atoms with E-state index in [0.29, 0.717) is 5.13 Å². The molecule has 0 atom stereocenters. The molecule has 1 aromatic heterocycles. The highest BCUT2D eigenvalue weighted by Crippen LogP contribution is 2.35. The van der Waals surface area contributed by atoms with Crippen LogP contribution in [0.15, 0.2) is 36.4 Å². The van der Waals surface area contributed by atoms with Crippen molar-refractivity contribution in [2.75, 3.05) is 5.73 Å². The second-order valence-electron chi connectivity index (χ2n) is 4.44. The fraction of sp³-hybridized carbons (Fsp3) is 0.133. The number of benzene rings is 2. The van der Waals surface area contributed by atoms with Gasteiger partial charge in [0, 0.05) is 10.4 Å². The van der Waals surface area contributed by atoms with Crippen molar-refractivity contribution in [3.05, 3.63) is 46.8 Å². The number of hydrogen-bond acceptors (Lipinski definition) is 3. The van der Waals surface area contributed by atoms with Gasteiger partial charge in [0.25, 0.3) is 0 Å². The minimum atomic E-state index is 0.634. The summed E-state index contributed by atoms with van der Waals surface area (Å²) in [6.07, 6.45) is 0. The zero-order chi connectivity index (χ0) is 12.7. The summed E-state index contributed by atoms with van der Waals surface area (Å²) in [5, 5.41) is 3.12. The van der Waals surface area contributed by atoms with E-state index in [2.05, 4.69) is 55.2 Å². The van der Waals surface area contributed by atoms with Crippen molar-refractivity contribution in [1.82, 2.24) is 4.98 Å². The summed E-state index contributed by atoms with van der Waals surface area (Å²) < 4.78 is 0. The van der Waals surface area contributed by atoms with Crippen LogP contribution in [0.25, 0.3) is 22.0 Å². The summed E-state index contributed by atoms with van der Waals surface area (Å²) >= 11 is 1.55. The van der Waals surface area contributed by atoms with Gasteiger partial charge in [-0.1, -0.05) is 36.4 Å². The van der Waals surface area contributed by atoms with Crippen LogP contribution in [-0.4, -0.2) is 4.98 Å². The van der Waals surface area contributed by atoms with Crippen LogP contribution >= 0.6 is 11.3 Å². The van der Waals surface area contributed by atoms with Crippen molar-refractivity contribution in [2.45, 2.75) is 13.8 Å². The van der Waals surface area contributed by atoms with Crippen molar-refractivity contribution < 1.29 is 0 Å². The number of nitrogen functional groups attached to an aromatic ring is 1. The number of thiazole rings is 1. The summed E-state index contributed by atoms with van der Waals surface area (Å²) in [7, 11) is 0. The van der Waals surface area contributed by atoms with E-state index in [9.17, 15) is 0 Å². The first-order chi connectivity index (χ1) is 8.66. The molecule has 0 bridgehead atoms. The quantitative estimate of drug-likeness (QED) is 0.708. The molecular weight excluding hydrogens is 240 g/mol. The van der Waals surface area contributed by atoms with E-state index in [1.807, 2.05) is 0 Å². The summed E-state index contributed by atoms with van der Waals surface area (Å²) in [6.45, 7) is 4.20. The van der Waals surface area contributed by atoms with Crippen LogP contribution in [0.1, 0.15) is 10.4 Å². The molecule has 0 aliphatic heterocycles. The molecule has 0 unspecified atom stereocenters. The molecule has 2 aromatic carbocycles. The van der Waals surface area contributed by atoms with E-state index in [4.69, 9.17) is 5.73 Å². The topological polar surface area (TPSA) is 38.9 Å². The lowest BCUT2D eigenvalue weighted by Crippen LogP contribution is -1.89. The SMILES string of the molecule is Cc1ccc2ccccc2c1-c1nc(N)sc1C. The molecule has 18 heavy (non-hydrogen) atoms. The van der Waals surface area contributed by atoms with Gasteiger partial charge >= 0.3 is 0 Å². The molecule has 3 aromatic rings. The van der Waals surface area contributed by atoms with Gasteiger partial charge in [0.05, 0.1) is 5.69 Å². The van der Waals surface area contributed by atoms with Gasteiger partial charge in [0.1, 0.15) is 0 Å². The molecule has 0 aliphatic carbocycles. The average molecular weight is 254 g/mol. The molecule has 0 amide bonds. The van der Waals surface area contributed by atoms with Gasteiger partial charge < -0.3 is 5.73 Å². The molecule has 1 heterocycles. The number of hydrogen-bond donors (Lipinski definition) is 1. The first kappa shape index (κ1) is 11.2. The Balaban J connectivity index is 2.41. The molecule has 2 N–H and O–H groups in total. The lowest BCUT2D eigenvalue weighted by molar-refractivity contribution is 1.36. The first-order valence-electron chi connectivity index (χ1n) is 5.88. The number of nitrogens with two attached hydrogens (primary N) is 1. The highest BCUT2D eigenvalue weighted by molar-refractivity contribution is 7.15. The molecule has 0 saturated carbocycles. The maximum absolute atomic E-state index is 5.82. The minimum absolute atomic E-state index is 0.634. The van der Waals surface area contributed by atoms with Gasteiger partial charge in [-0.05, 0) is 30.2 Å². The zero-order valence-electron chi connectivity index (χ0n) is 10.4. The first-order valence-corrected chi connectivity index (χ1v) is 6.70. The lowest BCUT2D eigenvalue weighted by atomic mass is 9.97. The summed E-state index contributed by atoms with van der Waals surface area (Å²) in [5.41, 5.74) is 9.28. The molecule has 0 radical (unpaired) electrons. The Kier molecular flexibility index (Phi) is 2.56. The molecule has 0 spiro atoms. The Hall–Kier alpha value is -1.87. The molecule has 90 valence electrons. The predicted molar refractivity (Wildman–Crippen MR) is 78.9 cm³/mol. The molecular formula is C15H14N2S. The smallest absolute Gasteiger partial charge is 0.180 e. The zero-order valence-corrected chi connectivity index (χ0v) is 11.2. The van der Waals surface area contributed by atoms with Gasteiger partial charge in [-0.2, -0.15) is 0 Å². The van der Waals surface area contributed by atoms with E-state index in [1.54, 1.807) is 11.3 Å². The van der Waals surface area contributed by atoms with Crippen molar-refractivity contribution in [3.63, 3.8) is 0 Å². The fourth-order valence-corrected chi connectivity index (χ4v) is 3.04. The maximum atomic E-state index is 5.82. The van der Waals surface area contributed by atoms with E-state index in [-0.39, 0.29) is 0 Å². The third-order valence-electron chi connectivity index (χ3n) is 3.19. The van der Waals surface area contributed by atoms with E-state index in [1.165, 1.54) is 26.8 Å². The molecule has 0 aliphatic rings. The standard InChI is InChI=1S/C15H14N2S/c1-9-7-8-11-5-3-4-6-12(11)13(9)14-10(2)18-15(16)17-14/h3-8H,1-2H3,(H2,16,17). The normalized spacial score (nSPS) is 11.0. The molecule has 0 fully saturated rings. The minimum Gasteiger partial charge on any atom is -0.375 e. The van der Waals surface area contributed by atoms with Crippen LogP contribution in [0.2, 0.25) is 0 Å². The third-order valence-corrected chi connectivity index (χ3v) is 3.99. The van der Waals surface area contributed by atoms with E-state index < -0.39 is 0 Å². The van der Waals surface area contributed by atoms with Gasteiger partial charge in [0.2, 0.25) is 0 Å². The largest absolute Gasteiger partial charge is 0.375 e. The van der Waals surface area contributed by atoms with Crippen LogP contribution in [0.3, 0.4) is 0 Å². The predicted octanol–water partition coefficient (Wildman–Crippen LogP) is 4.16. The van der Waals surface area contributed by atoms with Crippen molar-refractivity contribution in [3.8, 4) is 11.3 Å². The Labute approximate surface area is 110 Å². The van der Waals surface area contributed by atoms with Crippen molar-refractivity contribution in [2.24, 2.45) is 0 Å². The van der Waals surface area contributed by atoms with Crippen molar-refractivity contribution >= 4 is 27.2 Å². The summed E-state index contributed by atoms with van der Waals surface area (Å²) in [6, 6.07) is 12.7. The molecule has 3 rings (SSSR count). The van der Waals surface area contributed by atoms with E-state index >= 15 is 0 Å². The Morgan fingerprint density at radius 1 is 1.06 bits per heavy atom. The summed E-state index contributed by atoms with van der Waals surface area (Å²) in [5.74, 6) is 0. The second-order valence-corrected chi connectivity index (χ2v) is 5.67. The lowest BCUT2D eigenvalue weighted by Gasteiger charge is -2.09. The highest BCUT2D eigenvalue weighted by atomic mass is 32.1. The van der Waals surface area contributed by atoms with Gasteiger partial charge in [-0.25, -0.2) is 4.98 Å². The van der Waals surface area contributed by atoms with Crippen molar-refractivity contribution in [1.29, 1.82) is 0 Å². The van der Waals surface area contributed by atoms with Gasteiger partial charge in [0.15, 0.2) is 5.13 Å². The Morgan fingerprint density at radius 2 is 1.83 bits per heavy atom. The van der Waals surface area contributed by atoms with Crippen LogP contribution < -0.4 is 5.73 Å². The number of nitrogens with zero attached hydrogens (tertiary/aromatic N) is 1. The van der Waals surface area contributed by atoms with E-state index in [0.717, 1.165) is 5.69 Å². The molecule has 3 heteroatoms. The number of aryl methyl sites for hydroxylation is 2. The van der Waals surface area contributed by atoms with Gasteiger partial charge in [-0.15, -0.1) is 11.3 Å². The Morgan fingerprint density at radius 3 is 2.56 bits per heavy atom. The number of anilines is 1. The monoisotopic (exact) mass is 254 g/mol. The number of fused-ring (bicyclic) bond motifs is 1. The van der Waals surface area contributed by atoms with Crippen LogP contribution in [0.4, 0.5) is 5.13 Å². The Bertz CT molecular complexity index is 728. The van der Waals surface area contributed by atoms with Crippen LogP contribution in [0, 0.1) is 13.8 Å². The average Bonchev–Trinajstić information content (AvgIpc) is 2.68. The molecule has 2 nitrogen and oxygen atoms in total. The highest BCUT2D eigenvalue weighted by Gasteiger charge is 2.13. The van der Waals surface area contributed by atoms with Crippen LogP contribution in [-0.2, 0) is 0 Å². The third kappa shape index (κ3) is 1.68. The maximum Gasteiger partial charge on any atom is 0.180 e.